The summed E-state index contributed by atoms with van der Waals surface area (Å²) in [4.78, 5) is 12.2. The maximum absolute atomic E-state index is 12.2. The van der Waals surface area contributed by atoms with Gasteiger partial charge in [-0.05, 0) is 38.0 Å². The lowest BCUT2D eigenvalue weighted by atomic mass is 9.69. The standard InChI is InChI=1S/C15H30N2O/c1-14(2,3)11-8-6-7-9-12(11)17-13(18)15(4,5)10-16/h11-12H,6-10,16H2,1-5H3,(H,17,18). The first-order valence-electron chi connectivity index (χ1n) is 7.19. The van der Waals surface area contributed by atoms with Crippen LogP contribution >= 0.6 is 0 Å². The summed E-state index contributed by atoms with van der Waals surface area (Å²) in [6.07, 6.45) is 4.83. The molecule has 3 nitrogen and oxygen atoms in total. The molecule has 0 saturated heterocycles. The van der Waals surface area contributed by atoms with Gasteiger partial charge in [-0.3, -0.25) is 4.79 Å². The fraction of sp³-hybridized carbons (Fsp3) is 0.933. The second-order valence-electron chi connectivity index (χ2n) is 7.42. The van der Waals surface area contributed by atoms with Crippen molar-refractivity contribution in [2.75, 3.05) is 6.54 Å². The number of amides is 1. The van der Waals surface area contributed by atoms with Gasteiger partial charge < -0.3 is 11.1 Å². The minimum absolute atomic E-state index is 0.103. The Morgan fingerprint density at radius 2 is 1.72 bits per heavy atom. The molecule has 0 aromatic carbocycles. The van der Waals surface area contributed by atoms with E-state index < -0.39 is 5.41 Å². The summed E-state index contributed by atoms with van der Waals surface area (Å²) in [6, 6.07) is 0.317. The maximum atomic E-state index is 12.2. The number of carbonyl (C=O) groups excluding carboxylic acids is 1. The number of carbonyl (C=O) groups is 1. The first-order chi connectivity index (χ1) is 8.18. The highest BCUT2D eigenvalue weighted by Gasteiger charge is 2.37. The van der Waals surface area contributed by atoms with Crippen LogP contribution in [0.5, 0.6) is 0 Å². The molecule has 106 valence electrons. The molecule has 1 aliphatic rings. The fourth-order valence-corrected chi connectivity index (χ4v) is 2.80. The molecular weight excluding hydrogens is 224 g/mol. The molecule has 1 saturated carbocycles. The van der Waals surface area contributed by atoms with Crippen LogP contribution in [0, 0.1) is 16.7 Å². The zero-order chi connectivity index (χ0) is 14.0. The second kappa shape index (κ2) is 5.60. The Morgan fingerprint density at radius 3 is 2.22 bits per heavy atom. The minimum atomic E-state index is -0.458. The average molecular weight is 254 g/mol. The molecular formula is C15H30N2O. The minimum Gasteiger partial charge on any atom is -0.353 e. The van der Waals surface area contributed by atoms with Gasteiger partial charge in [0.05, 0.1) is 5.41 Å². The number of hydrogen-bond acceptors (Lipinski definition) is 2. The lowest BCUT2D eigenvalue weighted by Gasteiger charge is -2.41. The molecule has 0 radical (unpaired) electrons. The van der Waals surface area contributed by atoms with Crippen molar-refractivity contribution in [3.05, 3.63) is 0 Å². The van der Waals surface area contributed by atoms with Crippen LogP contribution in [0.4, 0.5) is 0 Å². The Balaban J connectivity index is 2.72. The number of rotatable bonds is 3. The van der Waals surface area contributed by atoms with Gasteiger partial charge in [-0.25, -0.2) is 0 Å². The third-order valence-corrected chi connectivity index (χ3v) is 4.32. The highest BCUT2D eigenvalue weighted by atomic mass is 16.2. The first-order valence-corrected chi connectivity index (χ1v) is 7.19. The van der Waals surface area contributed by atoms with Crippen molar-refractivity contribution in [1.29, 1.82) is 0 Å². The van der Waals surface area contributed by atoms with E-state index in [0.717, 1.165) is 6.42 Å². The molecule has 1 fully saturated rings. The predicted octanol–water partition coefficient (Wildman–Crippen LogP) is 2.69. The van der Waals surface area contributed by atoms with E-state index in [-0.39, 0.29) is 11.3 Å². The van der Waals surface area contributed by atoms with Gasteiger partial charge in [-0.15, -0.1) is 0 Å². The molecule has 0 spiro atoms. The van der Waals surface area contributed by atoms with E-state index in [2.05, 4.69) is 26.1 Å². The predicted molar refractivity (Wildman–Crippen MR) is 76.2 cm³/mol. The molecule has 0 heterocycles. The van der Waals surface area contributed by atoms with Crippen molar-refractivity contribution in [2.45, 2.75) is 66.3 Å². The van der Waals surface area contributed by atoms with Gasteiger partial charge in [-0.1, -0.05) is 33.6 Å². The lowest BCUT2D eigenvalue weighted by molar-refractivity contribution is -0.130. The molecule has 0 aromatic rings. The van der Waals surface area contributed by atoms with E-state index in [4.69, 9.17) is 5.73 Å². The molecule has 18 heavy (non-hydrogen) atoms. The molecule has 1 rings (SSSR count). The summed E-state index contributed by atoms with van der Waals surface area (Å²) in [5.41, 5.74) is 5.47. The van der Waals surface area contributed by atoms with Crippen LogP contribution in [-0.2, 0) is 4.79 Å². The molecule has 0 bridgehead atoms. The molecule has 1 aliphatic carbocycles. The van der Waals surface area contributed by atoms with E-state index >= 15 is 0 Å². The van der Waals surface area contributed by atoms with E-state index in [1.807, 2.05) is 13.8 Å². The molecule has 3 heteroatoms. The topological polar surface area (TPSA) is 55.1 Å². The molecule has 0 aliphatic heterocycles. The van der Waals surface area contributed by atoms with Crippen LogP contribution < -0.4 is 11.1 Å². The number of nitrogens with one attached hydrogen (secondary N) is 1. The number of nitrogens with two attached hydrogens (primary N) is 1. The van der Waals surface area contributed by atoms with Gasteiger partial charge in [0, 0.05) is 12.6 Å². The van der Waals surface area contributed by atoms with Crippen LogP contribution in [-0.4, -0.2) is 18.5 Å². The van der Waals surface area contributed by atoms with Crippen LogP contribution in [0.2, 0.25) is 0 Å². The summed E-state index contributed by atoms with van der Waals surface area (Å²) in [6.45, 7) is 11.0. The van der Waals surface area contributed by atoms with Gasteiger partial charge in [0.1, 0.15) is 0 Å². The van der Waals surface area contributed by atoms with Gasteiger partial charge in [0.25, 0.3) is 0 Å². The monoisotopic (exact) mass is 254 g/mol. The Morgan fingerprint density at radius 1 is 1.17 bits per heavy atom. The third-order valence-electron chi connectivity index (χ3n) is 4.32. The largest absolute Gasteiger partial charge is 0.353 e. The smallest absolute Gasteiger partial charge is 0.227 e. The first kappa shape index (κ1) is 15.5. The second-order valence-corrected chi connectivity index (χ2v) is 7.42. The quantitative estimate of drug-likeness (QED) is 0.813. The molecule has 2 atom stereocenters. The zero-order valence-corrected chi connectivity index (χ0v) is 12.7. The normalized spacial score (nSPS) is 25.9. The Kier molecular flexibility index (Phi) is 4.82. The van der Waals surface area contributed by atoms with Crippen molar-refractivity contribution in [1.82, 2.24) is 5.32 Å². The van der Waals surface area contributed by atoms with Crippen LogP contribution in [0.1, 0.15) is 60.3 Å². The van der Waals surface area contributed by atoms with E-state index in [1.54, 1.807) is 0 Å². The molecule has 0 aromatic heterocycles. The van der Waals surface area contributed by atoms with Crippen molar-refractivity contribution < 1.29 is 4.79 Å². The molecule has 3 N–H and O–H groups in total. The zero-order valence-electron chi connectivity index (χ0n) is 12.7. The SMILES string of the molecule is CC(C)(CN)C(=O)NC1CCCCC1C(C)(C)C. The highest BCUT2D eigenvalue weighted by Crippen LogP contribution is 2.38. The van der Waals surface area contributed by atoms with E-state index in [1.165, 1.54) is 19.3 Å². The van der Waals surface area contributed by atoms with Gasteiger partial charge in [0.15, 0.2) is 0 Å². The Labute approximate surface area is 112 Å². The van der Waals surface area contributed by atoms with Crippen molar-refractivity contribution in [3.8, 4) is 0 Å². The lowest BCUT2D eigenvalue weighted by Crippen LogP contribution is -2.51. The van der Waals surface area contributed by atoms with Crippen LogP contribution in [0.3, 0.4) is 0 Å². The van der Waals surface area contributed by atoms with Gasteiger partial charge in [-0.2, -0.15) is 0 Å². The van der Waals surface area contributed by atoms with E-state index in [9.17, 15) is 4.79 Å². The maximum Gasteiger partial charge on any atom is 0.227 e. The van der Waals surface area contributed by atoms with Crippen LogP contribution in [0.25, 0.3) is 0 Å². The Bertz CT molecular complexity index is 291. The van der Waals surface area contributed by atoms with Gasteiger partial charge >= 0.3 is 0 Å². The average Bonchev–Trinajstić information content (AvgIpc) is 2.28. The van der Waals surface area contributed by atoms with Crippen molar-refractivity contribution in [3.63, 3.8) is 0 Å². The third kappa shape index (κ3) is 3.71. The fourth-order valence-electron chi connectivity index (χ4n) is 2.80. The summed E-state index contributed by atoms with van der Waals surface area (Å²) in [5.74, 6) is 0.676. The van der Waals surface area contributed by atoms with Crippen molar-refractivity contribution >= 4 is 5.91 Å². The number of hydrogen-bond donors (Lipinski definition) is 2. The van der Waals surface area contributed by atoms with Gasteiger partial charge in [0.2, 0.25) is 5.91 Å². The summed E-state index contributed by atoms with van der Waals surface area (Å²) in [5, 5.41) is 3.25. The summed E-state index contributed by atoms with van der Waals surface area (Å²) < 4.78 is 0. The van der Waals surface area contributed by atoms with E-state index in [0.29, 0.717) is 18.5 Å². The summed E-state index contributed by atoms with van der Waals surface area (Å²) >= 11 is 0. The molecule has 1 amide bonds. The molecule has 2 unspecified atom stereocenters. The Hall–Kier alpha value is -0.570. The highest BCUT2D eigenvalue weighted by molar-refractivity contribution is 5.82. The van der Waals surface area contributed by atoms with Crippen LogP contribution in [0.15, 0.2) is 0 Å². The van der Waals surface area contributed by atoms with Crippen molar-refractivity contribution in [2.24, 2.45) is 22.5 Å². The summed E-state index contributed by atoms with van der Waals surface area (Å²) in [7, 11) is 0.